The SMILES string of the molecule is CCc1nccn1Cc1ccc(-c2cc(CC(C)C)sc2S(=O)[O-])cc1F. The lowest BCUT2D eigenvalue weighted by atomic mass is 10.0. The maximum absolute atomic E-state index is 14.7. The standard InChI is InChI=1S/C20H23FN2O2S2/c1-4-19-22-7-8-23(19)12-15-6-5-14(10-18(15)21)17-11-16(9-13(2)3)26-20(17)27(24)25/h5-8,10-11,13H,4,9,12H2,1-3H3,(H,24,25)/p-1. The fourth-order valence-corrected chi connectivity index (χ4v) is 5.14. The molecule has 27 heavy (non-hydrogen) atoms. The van der Waals surface area contributed by atoms with Gasteiger partial charge in [-0.05, 0) is 41.1 Å². The lowest BCUT2D eigenvalue weighted by Gasteiger charge is -2.10. The summed E-state index contributed by atoms with van der Waals surface area (Å²) in [4.78, 5) is 5.25. The van der Waals surface area contributed by atoms with Gasteiger partial charge in [0.2, 0.25) is 0 Å². The molecule has 0 radical (unpaired) electrons. The Balaban J connectivity index is 1.93. The first-order valence-corrected chi connectivity index (χ1v) is 10.8. The third-order valence-corrected chi connectivity index (χ3v) is 6.47. The van der Waals surface area contributed by atoms with Gasteiger partial charge >= 0.3 is 0 Å². The van der Waals surface area contributed by atoms with Crippen LogP contribution in [-0.4, -0.2) is 18.3 Å². The summed E-state index contributed by atoms with van der Waals surface area (Å²) in [6.45, 7) is 6.58. The molecule has 0 aliphatic rings. The summed E-state index contributed by atoms with van der Waals surface area (Å²) in [5.41, 5.74) is 1.71. The highest BCUT2D eigenvalue weighted by molar-refractivity contribution is 7.82. The number of halogens is 1. The van der Waals surface area contributed by atoms with Crippen molar-refractivity contribution in [1.29, 1.82) is 0 Å². The molecule has 2 heterocycles. The number of thiophene rings is 1. The third-order valence-electron chi connectivity index (χ3n) is 4.33. The van der Waals surface area contributed by atoms with Crippen LogP contribution in [0.5, 0.6) is 0 Å². The van der Waals surface area contributed by atoms with Gasteiger partial charge in [-0.15, -0.1) is 11.3 Å². The van der Waals surface area contributed by atoms with Crippen LogP contribution in [0.3, 0.4) is 0 Å². The lowest BCUT2D eigenvalue weighted by Crippen LogP contribution is -2.05. The van der Waals surface area contributed by atoms with Crippen LogP contribution in [0.1, 0.15) is 37.0 Å². The Morgan fingerprint density at radius 2 is 2.11 bits per heavy atom. The van der Waals surface area contributed by atoms with Gasteiger partial charge in [-0.2, -0.15) is 0 Å². The van der Waals surface area contributed by atoms with Crippen LogP contribution in [0.2, 0.25) is 0 Å². The minimum Gasteiger partial charge on any atom is -0.768 e. The van der Waals surface area contributed by atoms with Gasteiger partial charge in [0.05, 0.1) is 10.8 Å². The molecule has 3 aromatic rings. The van der Waals surface area contributed by atoms with E-state index in [1.807, 2.05) is 23.8 Å². The van der Waals surface area contributed by atoms with Gasteiger partial charge in [-0.1, -0.05) is 32.9 Å². The molecule has 144 valence electrons. The molecule has 0 aliphatic heterocycles. The van der Waals surface area contributed by atoms with Crippen molar-refractivity contribution in [1.82, 2.24) is 9.55 Å². The van der Waals surface area contributed by atoms with E-state index in [0.29, 0.717) is 29.2 Å². The molecule has 7 heteroatoms. The summed E-state index contributed by atoms with van der Waals surface area (Å²) >= 11 is -1.08. The second kappa shape index (κ2) is 8.46. The maximum atomic E-state index is 14.7. The van der Waals surface area contributed by atoms with Gasteiger partial charge in [0, 0.05) is 34.8 Å². The first-order valence-electron chi connectivity index (χ1n) is 8.89. The zero-order valence-electron chi connectivity index (χ0n) is 15.6. The largest absolute Gasteiger partial charge is 0.768 e. The van der Waals surface area contributed by atoms with E-state index >= 15 is 0 Å². The average Bonchev–Trinajstić information content (AvgIpc) is 3.22. The Kier molecular flexibility index (Phi) is 6.24. The van der Waals surface area contributed by atoms with Crippen LogP contribution in [0.15, 0.2) is 40.9 Å². The number of rotatable bonds is 7. The van der Waals surface area contributed by atoms with E-state index in [9.17, 15) is 13.2 Å². The van der Waals surface area contributed by atoms with Gasteiger partial charge in [0.25, 0.3) is 0 Å². The van der Waals surface area contributed by atoms with E-state index in [2.05, 4.69) is 18.8 Å². The molecule has 0 aliphatic carbocycles. The van der Waals surface area contributed by atoms with E-state index in [1.165, 1.54) is 17.4 Å². The maximum Gasteiger partial charge on any atom is 0.128 e. The smallest absolute Gasteiger partial charge is 0.128 e. The number of aryl methyl sites for hydroxylation is 1. The summed E-state index contributed by atoms with van der Waals surface area (Å²) < 4.78 is 40.2. The minimum absolute atomic E-state index is 0.265. The van der Waals surface area contributed by atoms with E-state index in [-0.39, 0.29) is 10.0 Å². The van der Waals surface area contributed by atoms with Crippen LogP contribution in [-0.2, 0) is 30.5 Å². The van der Waals surface area contributed by atoms with Crippen LogP contribution in [0, 0.1) is 11.7 Å². The highest BCUT2D eigenvalue weighted by Gasteiger charge is 2.15. The molecule has 0 fully saturated rings. The second-order valence-electron chi connectivity index (χ2n) is 6.88. The number of aromatic nitrogens is 2. The molecule has 0 amide bonds. The molecule has 3 rings (SSSR count). The number of hydrogen-bond donors (Lipinski definition) is 0. The molecule has 0 saturated heterocycles. The highest BCUT2D eigenvalue weighted by Crippen LogP contribution is 2.35. The van der Waals surface area contributed by atoms with Crippen molar-refractivity contribution in [3.8, 4) is 11.1 Å². The van der Waals surface area contributed by atoms with Gasteiger partial charge in [0.15, 0.2) is 0 Å². The Labute approximate surface area is 165 Å². The highest BCUT2D eigenvalue weighted by atomic mass is 32.2. The topological polar surface area (TPSA) is 58.0 Å². The van der Waals surface area contributed by atoms with Crippen molar-refractivity contribution in [2.45, 2.75) is 44.4 Å². The van der Waals surface area contributed by atoms with Gasteiger partial charge < -0.3 is 9.12 Å². The zero-order valence-corrected chi connectivity index (χ0v) is 17.2. The fraction of sp³-hybridized carbons (Fsp3) is 0.350. The fourth-order valence-electron chi connectivity index (χ4n) is 3.08. The van der Waals surface area contributed by atoms with Crippen LogP contribution in [0.4, 0.5) is 4.39 Å². The predicted octanol–water partition coefficient (Wildman–Crippen LogP) is 4.80. The number of imidazole rings is 1. The van der Waals surface area contributed by atoms with Gasteiger partial charge in [-0.25, -0.2) is 9.37 Å². The normalized spacial score (nSPS) is 12.7. The summed E-state index contributed by atoms with van der Waals surface area (Å²) in [6, 6.07) is 6.81. The first kappa shape index (κ1) is 19.9. The van der Waals surface area contributed by atoms with E-state index < -0.39 is 11.1 Å². The molecule has 2 aromatic heterocycles. The van der Waals surface area contributed by atoms with Gasteiger partial charge in [-0.3, -0.25) is 4.21 Å². The Bertz CT molecular complexity index is 963. The summed E-state index contributed by atoms with van der Waals surface area (Å²) in [6.07, 6.45) is 5.12. The average molecular weight is 406 g/mol. The second-order valence-corrected chi connectivity index (χ2v) is 9.15. The lowest BCUT2D eigenvalue weighted by molar-refractivity contribution is 0.539. The Morgan fingerprint density at radius 1 is 1.33 bits per heavy atom. The van der Waals surface area contributed by atoms with Crippen LogP contribution in [0.25, 0.3) is 11.1 Å². The Morgan fingerprint density at radius 3 is 2.74 bits per heavy atom. The molecule has 4 nitrogen and oxygen atoms in total. The zero-order chi connectivity index (χ0) is 19.6. The van der Waals surface area contributed by atoms with Crippen molar-refractivity contribution in [3.05, 3.63) is 58.7 Å². The number of hydrogen-bond acceptors (Lipinski definition) is 4. The minimum atomic E-state index is -2.34. The molecule has 1 atom stereocenters. The predicted molar refractivity (Wildman–Crippen MR) is 106 cm³/mol. The molecule has 0 spiro atoms. The molecule has 0 saturated carbocycles. The quantitative estimate of drug-likeness (QED) is 0.531. The van der Waals surface area contributed by atoms with Crippen molar-refractivity contribution in [3.63, 3.8) is 0 Å². The van der Waals surface area contributed by atoms with Crippen molar-refractivity contribution in [2.75, 3.05) is 0 Å². The van der Waals surface area contributed by atoms with Crippen molar-refractivity contribution in [2.24, 2.45) is 5.92 Å². The first-order chi connectivity index (χ1) is 12.9. The van der Waals surface area contributed by atoms with Crippen LogP contribution < -0.4 is 0 Å². The molecular weight excluding hydrogens is 383 g/mol. The van der Waals surface area contributed by atoms with Crippen LogP contribution >= 0.6 is 11.3 Å². The van der Waals surface area contributed by atoms with E-state index in [1.54, 1.807) is 18.3 Å². The molecule has 1 aromatic carbocycles. The number of benzene rings is 1. The van der Waals surface area contributed by atoms with Crippen molar-refractivity contribution < 1.29 is 13.2 Å². The third kappa shape index (κ3) is 4.54. The monoisotopic (exact) mass is 405 g/mol. The molecular formula is C20H22FN2O2S2-. The Hall–Kier alpha value is -1.83. The summed E-state index contributed by atoms with van der Waals surface area (Å²) in [5, 5.41) is 0. The van der Waals surface area contributed by atoms with E-state index in [4.69, 9.17) is 0 Å². The van der Waals surface area contributed by atoms with E-state index in [0.717, 1.165) is 23.5 Å². The molecule has 1 unspecified atom stereocenters. The summed E-state index contributed by atoms with van der Waals surface area (Å²) in [7, 11) is 0. The summed E-state index contributed by atoms with van der Waals surface area (Å²) in [5.74, 6) is 0.979. The molecule has 0 N–H and O–H groups in total. The molecule has 0 bridgehead atoms. The number of nitrogens with zero attached hydrogens (tertiary/aromatic N) is 2. The van der Waals surface area contributed by atoms with Crippen molar-refractivity contribution >= 4 is 22.4 Å². The van der Waals surface area contributed by atoms with Gasteiger partial charge in [0.1, 0.15) is 11.6 Å².